The molecule has 0 unspecified atom stereocenters. The van der Waals surface area contributed by atoms with E-state index in [9.17, 15) is 4.79 Å². The van der Waals surface area contributed by atoms with Crippen molar-refractivity contribution in [2.24, 2.45) is 0 Å². The molecule has 102 valence electrons. The third kappa shape index (κ3) is 2.74. The number of anilines is 1. The number of nitrogens with one attached hydrogen (secondary N) is 1. The number of nitrogens with two attached hydrogens (primary N) is 1. The molecule has 1 aromatic heterocycles. The van der Waals surface area contributed by atoms with Gasteiger partial charge in [-0.2, -0.15) is 0 Å². The monoisotopic (exact) mass is 262 g/mol. The van der Waals surface area contributed by atoms with Crippen LogP contribution in [0.2, 0.25) is 0 Å². The molecule has 1 aliphatic rings. The van der Waals surface area contributed by atoms with Crippen molar-refractivity contribution >= 4 is 18.9 Å². The van der Waals surface area contributed by atoms with E-state index < -0.39 is 7.12 Å². The van der Waals surface area contributed by atoms with Crippen molar-refractivity contribution in [3.05, 3.63) is 34.2 Å². The molecule has 1 aromatic rings. The van der Waals surface area contributed by atoms with Crippen LogP contribution in [-0.2, 0) is 9.31 Å². The molecule has 0 aliphatic carbocycles. The zero-order chi connectivity index (χ0) is 14.3. The van der Waals surface area contributed by atoms with Gasteiger partial charge in [-0.15, -0.1) is 0 Å². The van der Waals surface area contributed by atoms with Gasteiger partial charge in [0.05, 0.1) is 16.9 Å². The highest BCUT2D eigenvalue weighted by molar-refractivity contribution is 6.52. The van der Waals surface area contributed by atoms with Crippen LogP contribution < -0.4 is 11.3 Å². The lowest BCUT2D eigenvalue weighted by Gasteiger charge is -2.32. The predicted octanol–water partition coefficient (Wildman–Crippen LogP) is 1.60. The minimum Gasteiger partial charge on any atom is -0.400 e. The molecule has 1 aliphatic heterocycles. The number of aromatic nitrogens is 1. The Labute approximate surface area is 112 Å². The molecule has 0 amide bonds. The van der Waals surface area contributed by atoms with Gasteiger partial charge in [-0.25, -0.2) is 0 Å². The standard InChI is InChI=1S/C13H19BN2O3/c1-12(2)13(3,4)19-14(18-12)6-5-9-7-10(15)11(17)16-8-9/h5-8H,15H2,1-4H3,(H,16,17)/b6-5+. The zero-order valence-corrected chi connectivity index (χ0v) is 11.7. The first-order chi connectivity index (χ1) is 8.71. The number of hydrogen-bond donors (Lipinski definition) is 2. The van der Waals surface area contributed by atoms with E-state index in [1.807, 2.05) is 39.7 Å². The fraction of sp³-hybridized carbons (Fsp3) is 0.462. The average molecular weight is 262 g/mol. The number of hydrogen-bond acceptors (Lipinski definition) is 4. The number of H-pyrrole nitrogens is 1. The van der Waals surface area contributed by atoms with Crippen molar-refractivity contribution in [2.45, 2.75) is 38.9 Å². The molecular weight excluding hydrogens is 243 g/mol. The van der Waals surface area contributed by atoms with E-state index in [0.717, 1.165) is 5.56 Å². The number of nitrogen functional groups attached to an aromatic ring is 1. The maximum atomic E-state index is 11.1. The van der Waals surface area contributed by atoms with Gasteiger partial charge < -0.3 is 20.0 Å². The Bertz CT molecular complexity index is 547. The summed E-state index contributed by atoms with van der Waals surface area (Å²) in [5.74, 6) is 1.81. The molecule has 1 saturated heterocycles. The Balaban J connectivity index is 2.12. The zero-order valence-electron chi connectivity index (χ0n) is 11.7. The largest absolute Gasteiger partial charge is 0.487 e. The smallest absolute Gasteiger partial charge is 0.400 e. The van der Waals surface area contributed by atoms with E-state index >= 15 is 0 Å². The van der Waals surface area contributed by atoms with Gasteiger partial charge in [0.2, 0.25) is 0 Å². The number of pyridine rings is 1. The van der Waals surface area contributed by atoms with E-state index in [1.165, 1.54) is 0 Å². The molecule has 2 rings (SSSR count). The Morgan fingerprint density at radius 1 is 1.26 bits per heavy atom. The van der Waals surface area contributed by atoms with Crippen LogP contribution in [0.4, 0.5) is 5.69 Å². The van der Waals surface area contributed by atoms with E-state index in [2.05, 4.69) is 4.98 Å². The molecule has 5 nitrogen and oxygen atoms in total. The topological polar surface area (TPSA) is 77.3 Å². The summed E-state index contributed by atoms with van der Waals surface area (Å²) in [6, 6.07) is 1.61. The van der Waals surface area contributed by atoms with Crippen LogP contribution in [0.25, 0.3) is 6.08 Å². The molecule has 0 saturated carbocycles. The first-order valence-electron chi connectivity index (χ1n) is 6.23. The van der Waals surface area contributed by atoms with Gasteiger partial charge in [-0.05, 0) is 39.3 Å². The molecule has 0 bridgehead atoms. The third-order valence-electron chi connectivity index (χ3n) is 3.67. The van der Waals surface area contributed by atoms with Gasteiger partial charge in [0.15, 0.2) is 0 Å². The first-order valence-corrected chi connectivity index (χ1v) is 6.23. The normalized spacial score (nSPS) is 21.2. The summed E-state index contributed by atoms with van der Waals surface area (Å²) in [6.07, 6.45) is 3.41. The molecule has 2 heterocycles. The third-order valence-corrected chi connectivity index (χ3v) is 3.67. The highest BCUT2D eigenvalue weighted by Crippen LogP contribution is 2.36. The summed E-state index contributed by atoms with van der Waals surface area (Å²) in [4.78, 5) is 13.7. The number of aromatic amines is 1. The SMILES string of the molecule is CC1(C)OB(/C=C/c2c[nH]c(=O)c(N)c2)OC1(C)C. The van der Waals surface area contributed by atoms with Gasteiger partial charge in [-0.1, -0.05) is 12.1 Å². The summed E-state index contributed by atoms with van der Waals surface area (Å²) in [6.45, 7) is 8.00. The summed E-state index contributed by atoms with van der Waals surface area (Å²) >= 11 is 0. The summed E-state index contributed by atoms with van der Waals surface area (Å²) in [5.41, 5.74) is 5.54. The summed E-state index contributed by atoms with van der Waals surface area (Å²) < 4.78 is 11.7. The van der Waals surface area contributed by atoms with Crippen LogP contribution in [0.15, 0.2) is 23.0 Å². The van der Waals surface area contributed by atoms with Crippen molar-refractivity contribution in [1.82, 2.24) is 4.98 Å². The lowest BCUT2D eigenvalue weighted by atomic mass is 9.89. The predicted molar refractivity (Wildman–Crippen MR) is 76.6 cm³/mol. The minimum atomic E-state index is -0.404. The molecule has 0 radical (unpaired) electrons. The molecule has 1 fully saturated rings. The van der Waals surface area contributed by atoms with E-state index in [4.69, 9.17) is 15.0 Å². The molecular formula is C13H19BN2O3. The van der Waals surface area contributed by atoms with Crippen LogP contribution in [0, 0.1) is 0 Å². The molecule has 0 spiro atoms. The highest BCUT2D eigenvalue weighted by Gasteiger charge is 2.49. The van der Waals surface area contributed by atoms with E-state index in [1.54, 1.807) is 12.3 Å². The Kier molecular flexibility index (Phi) is 3.32. The second-order valence-electron chi connectivity index (χ2n) is 5.70. The van der Waals surface area contributed by atoms with Crippen molar-refractivity contribution in [2.75, 3.05) is 5.73 Å². The van der Waals surface area contributed by atoms with Gasteiger partial charge in [0.1, 0.15) is 0 Å². The van der Waals surface area contributed by atoms with E-state index in [0.29, 0.717) is 0 Å². The molecule has 0 atom stereocenters. The Morgan fingerprint density at radius 3 is 2.37 bits per heavy atom. The molecule has 6 heteroatoms. The fourth-order valence-corrected chi connectivity index (χ4v) is 1.77. The van der Waals surface area contributed by atoms with Crippen molar-refractivity contribution in [3.63, 3.8) is 0 Å². The van der Waals surface area contributed by atoms with Crippen molar-refractivity contribution < 1.29 is 9.31 Å². The van der Waals surface area contributed by atoms with Gasteiger partial charge in [-0.3, -0.25) is 4.79 Å². The Hall–Kier alpha value is -1.53. The maximum Gasteiger partial charge on any atom is 0.487 e. The summed E-state index contributed by atoms with van der Waals surface area (Å²) in [5, 5.41) is 0. The quantitative estimate of drug-likeness (QED) is 0.793. The average Bonchev–Trinajstić information content (AvgIpc) is 2.49. The van der Waals surface area contributed by atoms with Crippen LogP contribution in [0.1, 0.15) is 33.3 Å². The lowest BCUT2D eigenvalue weighted by molar-refractivity contribution is 0.00578. The maximum absolute atomic E-state index is 11.1. The highest BCUT2D eigenvalue weighted by atomic mass is 16.7. The second-order valence-corrected chi connectivity index (χ2v) is 5.70. The Morgan fingerprint density at radius 2 is 1.84 bits per heavy atom. The van der Waals surface area contributed by atoms with Crippen LogP contribution >= 0.6 is 0 Å². The van der Waals surface area contributed by atoms with Crippen LogP contribution in [-0.4, -0.2) is 23.3 Å². The molecule has 3 N–H and O–H groups in total. The van der Waals surface area contributed by atoms with Crippen LogP contribution in [0.5, 0.6) is 0 Å². The molecule has 0 aromatic carbocycles. The van der Waals surface area contributed by atoms with Gasteiger partial charge in [0, 0.05) is 6.20 Å². The second kappa shape index (κ2) is 4.54. The van der Waals surface area contributed by atoms with Crippen molar-refractivity contribution in [1.29, 1.82) is 0 Å². The number of rotatable bonds is 2. The van der Waals surface area contributed by atoms with Crippen LogP contribution in [0.3, 0.4) is 0 Å². The summed E-state index contributed by atoms with van der Waals surface area (Å²) in [7, 11) is -0.404. The minimum absolute atomic E-state index is 0.191. The fourth-order valence-electron chi connectivity index (χ4n) is 1.77. The lowest BCUT2D eigenvalue weighted by Crippen LogP contribution is -2.41. The first kappa shape index (κ1) is 13.9. The van der Waals surface area contributed by atoms with Gasteiger partial charge in [0.25, 0.3) is 5.56 Å². The van der Waals surface area contributed by atoms with Gasteiger partial charge >= 0.3 is 7.12 Å². The molecule has 19 heavy (non-hydrogen) atoms. The van der Waals surface area contributed by atoms with Crippen molar-refractivity contribution in [3.8, 4) is 0 Å². The van der Waals surface area contributed by atoms with E-state index in [-0.39, 0.29) is 22.4 Å².